The van der Waals surface area contributed by atoms with Gasteiger partial charge in [-0.25, -0.2) is 0 Å². The predicted molar refractivity (Wildman–Crippen MR) is 252 cm³/mol. The first kappa shape index (κ1) is 57.4. The topological polar surface area (TPSA) is 78.9 Å². The van der Waals surface area contributed by atoms with E-state index in [1.54, 1.807) is 0 Å². The maximum absolute atomic E-state index is 12.7. The van der Waals surface area contributed by atoms with E-state index in [2.05, 4.69) is 20.8 Å². The van der Waals surface area contributed by atoms with Gasteiger partial charge in [-0.2, -0.15) is 0 Å². The quantitative estimate of drug-likeness (QED) is 0.0345. The summed E-state index contributed by atoms with van der Waals surface area (Å²) < 4.78 is 16.8. The SMILES string of the molecule is CCCCCCCCCCCCCCCCCCC(=O)OC[C@@H](COC(=O)CCCCCCCCCCCCCCCCC)OC(=O)CCCCCCCCCCCC. The number of carbonyl (C=O) groups is 3. The maximum atomic E-state index is 12.7. The lowest BCUT2D eigenvalue weighted by Gasteiger charge is -2.18. The van der Waals surface area contributed by atoms with Crippen LogP contribution < -0.4 is 0 Å². The van der Waals surface area contributed by atoms with Crippen molar-refractivity contribution in [1.29, 1.82) is 0 Å². The van der Waals surface area contributed by atoms with E-state index in [4.69, 9.17) is 14.2 Å². The number of carbonyl (C=O) groups excluding carboxylic acids is 3. The molecule has 0 amide bonds. The van der Waals surface area contributed by atoms with Gasteiger partial charge in [0.05, 0.1) is 0 Å². The Labute approximate surface area is 368 Å². The van der Waals surface area contributed by atoms with Gasteiger partial charge in [-0.15, -0.1) is 0 Å². The fourth-order valence-corrected chi connectivity index (χ4v) is 8.09. The Balaban J connectivity index is 4.25. The van der Waals surface area contributed by atoms with Crippen molar-refractivity contribution in [2.24, 2.45) is 0 Å². The number of rotatable bonds is 49. The summed E-state index contributed by atoms with van der Waals surface area (Å²) in [4.78, 5) is 37.9. The fraction of sp³-hybridized carbons (Fsp3) is 0.943. The average molecular weight is 835 g/mol. The van der Waals surface area contributed by atoms with E-state index in [0.717, 1.165) is 57.8 Å². The van der Waals surface area contributed by atoms with Crippen LogP contribution in [0.2, 0.25) is 0 Å². The molecule has 0 heterocycles. The van der Waals surface area contributed by atoms with Gasteiger partial charge in [-0.05, 0) is 19.3 Å². The molecule has 0 radical (unpaired) electrons. The van der Waals surface area contributed by atoms with E-state index in [0.29, 0.717) is 19.3 Å². The molecule has 0 aliphatic carbocycles. The van der Waals surface area contributed by atoms with Gasteiger partial charge in [0.1, 0.15) is 13.2 Å². The number of ether oxygens (including phenoxy) is 3. The Hall–Kier alpha value is -1.59. The van der Waals surface area contributed by atoms with Gasteiger partial charge >= 0.3 is 17.9 Å². The molecular formula is C53H102O6. The van der Waals surface area contributed by atoms with Crippen molar-refractivity contribution in [2.75, 3.05) is 13.2 Å². The summed E-state index contributed by atoms with van der Waals surface area (Å²) in [6.07, 6.45) is 52.3. The van der Waals surface area contributed by atoms with E-state index in [1.807, 2.05) is 0 Å². The standard InChI is InChI=1S/C53H102O6/c1-4-7-10-13-16-19-22-24-26-28-30-32-35-37-40-43-46-52(55)58-49-50(59-53(56)47-44-41-38-33-21-18-15-12-9-6-3)48-57-51(54)45-42-39-36-34-31-29-27-25-23-20-17-14-11-8-5-2/h50H,4-49H2,1-3H3/t50-/m1/s1. The van der Waals surface area contributed by atoms with Crippen molar-refractivity contribution in [3.05, 3.63) is 0 Å². The largest absolute Gasteiger partial charge is 0.462 e. The second-order valence-corrected chi connectivity index (χ2v) is 18.2. The molecule has 6 heteroatoms. The molecule has 0 aromatic heterocycles. The molecule has 0 spiro atoms. The molecule has 6 nitrogen and oxygen atoms in total. The Morgan fingerprint density at radius 3 is 0.678 bits per heavy atom. The van der Waals surface area contributed by atoms with Crippen LogP contribution in [0.3, 0.4) is 0 Å². The van der Waals surface area contributed by atoms with Crippen LogP contribution in [0.4, 0.5) is 0 Å². The van der Waals surface area contributed by atoms with Crippen molar-refractivity contribution in [3.63, 3.8) is 0 Å². The maximum Gasteiger partial charge on any atom is 0.306 e. The van der Waals surface area contributed by atoms with Crippen molar-refractivity contribution >= 4 is 17.9 Å². The third-order valence-electron chi connectivity index (χ3n) is 12.1. The molecule has 0 fully saturated rings. The van der Waals surface area contributed by atoms with Crippen LogP contribution >= 0.6 is 0 Å². The van der Waals surface area contributed by atoms with E-state index in [1.165, 1.54) is 205 Å². The van der Waals surface area contributed by atoms with E-state index < -0.39 is 6.10 Å². The van der Waals surface area contributed by atoms with Crippen LogP contribution in [-0.2, 0) is 28.6 Å². The molecule has 0 aromatic rings. The van der Waals surface area contributed by atoms with Crippen molar-refractivity contribution in [1.82, 2.24) is 0 Å². The molecule has 0 rings (SSSR count). The number of unbranched alkanes of at least 4 members (excludes halogenated alkanes) is 38. The Bertz CT molecular complexity index is 874. The molecule has 0 saturated carbocycles. The Morgan fingerprint density at radius 2 is 0.458 bits per heavy atom. The summed E-state index contributed by atoms with van der Waals surface area (Å²) in [6, 6.07) is 0. The number of esters is 3. The monoisotopic (exact) mass is 835 g/mol. The summed E-state index contributed by atoms with van der Waals surface area (Å²) in [5.74, 6) is -0.841. The van der Waals surface area contributed by atoms with Gasteiger partial charge in [0.15, 0.2) is 6.10 Å². The lowest BCUT2D eigenvalue weighted by molar-refractivity contribution is -0.167. The first-order chi connectivity index (χ1) is 29.0. The van der Waals surface area contributed by atoms with Gasteiger partial charge in [-0.1, -0.05) is 265 Å². The van der Waals surface area contributed by atoms with Crippen LogP contribution in [0, 0.1) is 0 Å². The Morgan fingerprint density at radius 1 is 0.271 bits per heavy atom. The van der Waals surface area contributed by atoms with Gasteiger partial charge < -0.3 is 14.2 Å². The second kappa shape index (κ2) is 49.1. The molecule has 0 aromatic carbocycles. The van der Waals surface area contributed by atoms with Gasteiger partial charge in [-0.3, -0.25) is 14.4 Å². The van der Waals surface area contributed by atoms with Crippen LogP contribution in [0.5, 0.6) is 0 Å². The van der Waals surface area contributed by atoms with E-state index in [-0.39, 0.29) is 31.1 Å². The first-order valence-electron chi connectivity index (χ1n) is 26.5. The minimum Gasteiger partial charge on any atom is -0.462 e. The molecule has 0 aliphatic rings. The molecule has 0 unspecified atom stereocenters. The lowest BCUT2D eigenvalue weighted by Crippen LogP contribution is -2.30. The van der Waals surface area contributed by atoms with Crippen molar-refractivity contribution < 1.29 is 28.6 Å². The van der Waals surface area contributed by atoms with Gasteiger partial charge in [0.2, 0.25) is 0 Å². The molecule has 0 N–H and O–H groups in total. The third-order valence-corrected chi connectivity index (χ3v) is 12.1. The van der Waals surface area contributed by atoms with E-state index >= 15 is 0 Å². The molecule has 59 heavy (non-hydrogen) atoms. The number of hydrogen-bond donors (Lipinski definition) is 0. The summed E-state index contributed by atoms with van der Waals surface area (Å²) >= 11 is 0. The molecule has 0 aliphatic heterocycles. The zero-order valence-corrected chi connectivity index (χ0v) is 40.1. The lowest BCUT2D eigenvalue weighted by atomic mass is 10.0. The van der Waals surface area contributed by atoms with Crippen LogP contribution in [0.25, 0.3) is 0 Å². The zero-order valence-electron chi connectivity index (χ0n) is 40.1. The second-order valence-electron chi connectivity index (χ2n) is 18.2. The summed E-state index contributed by atoms with van der Waals surface area (Å²) in [5.41, 5.74) is 0. The highest BCUT2D eigenvalue weighted by Crippen LogP contribution is 2.17. The number of hydrogen-bond acceptors (Lipinski definition) is 6. The van der Waals surface area contributed by atoms with Gasteiger partial charge in [0, 0.05) is 19.3 Å². The van der Waals surface area contributed by atoms with Gasteiger partial charge in [0.25, 0.3) is 0 Å². The highest BCUT2D eigenvalue weighted by Gasteiger charge is 2.19. The van der Waals surface area contributed by atoms with Crippen molar-refractivity contribution in [3.8, 4) is 0 Å². The molecule has 350 valence electrons. The molecule has 1 atom stereocenters. The predicted octanol–water partition coefficient (Wildman–Crippen LogP) is 17.2. The summed E-state index contributed by atoms with van der Waals surface area (Å²) in [5, 5.41) is 0. The summed E-state index contributed by atoms with van der Waals surface area (Å²) in [6.45, 7) is 6.68. The Kier molecular flexibility index (Phi) is 47.7. The molecule has 0 bridgehead atoms. The first-order valence-corrected chi connectivity index (χ1v) is 26.5. The third kappa shape index (κ3) is 47.3. The van der Waals surface area contributed by atoms with E-state index in [9.17, 15) is 14.4 Å². The normalized spacial score (nSPS) is 11.8. The highest BCUT2D eigenvalue weighted by molar-refractivity contribution is 5.71. The zero-order chi connectivity index (χ0) is 43.0. The minimum absolute atomic E-state index is 0.0618. The highest BCUT2D eigenvalue weighted by atomic mass is 16.6. The van der Waals surface area contributed by atoms with Crippen LogP contribution in [0.15, 0.2) is 0 Å². The average Bonchev–Trinajstić information content (AvgIpc) is 3.23. The minimum atomic E-state index is -0.759. The molecule has 0 saturated heterocycles. The van der Waals surface area contributed by atoms with Crippen molar-refractivity contribution in [2.45, 2.75) is 309 Å². The molecular weight excluding hydrogens is 733 g/mol. The van der Waals surface area contributed by atoms with Crippen LogP contribution in [-0.4, -0.2) is 37.2 Å². The fourth-order valence-electron chi connectivity index (χ4n) is 8.09. The summed E-state index contributed by atoms with van der Waals surface area (Å²) in [7, 11) is 0. The van der Waals surface area contributed by atoms with Crippen LogP contribution in [0.1, 0.15) is 303 Å². The smallest absolute Gasteiger partial charge is 0.306 e.